The number of rotatable bonds is 7. The second kappa shape index (κ2) is 10.3. The highest BCUT2D eigenvalue weighted by molar-refractivity contribution is 5.79. The summed E-state index contributed by atoms with van der Waals surface area (Å²) in [5.41, 5.74) is 1.33. The smallest absolute Gasteiger partial charge is 0.408 e. The third-order valence-corrected chi connectivity index (χ3v) is 4.49. The molecule has 1 aromatic carbocycles. The number of nitrogens with zero attached hydrogens (tertiary/aromatic N) is 3. The number of aryl methyl sites for hydroxylation is 1. The number of amides is 1. The maximum Gasteiger partial charge on any atom is 0.408 e. The van der Waals surface area contributed by atoms with Crippen LogP contribution in [0.1, 0.15) is 51.6 Å². The number of aliphatic imine (C=N–C) groups is 1. The first-order valence-corrected chi connectivity index (χ1v) is 10.5. The van der Waals surface area contributed by atoms with Gasteiger partial charge in [0, 0.05) is 39.1 Å². The zero-order valence-corrected chi connectivity index (χ0v) is 19.7. The van der Waals surface area contributed by atoms with Gasteiger partial charge in [0.25, 0.3) is 0 Å². The van der Waals surface area contributed by atoms with Gasteiger partial charge in [-0.05, 0) is 52.7 Å². The van der Waals surface area contributed by atoms with Gasteiger partial charge in [0.15, 0.2) is 5.96 Å². The van der Waals surface area contributed by atoms with E-state index >= 15 is 0 Å². The van der Waals surface area contributed by atoms with Crippen LogP contribution < -0.4 is 16.0 Å². The monoisotopic (exact) mass is 428 g/mol. The van der Waals surface area contributed by atoms with Gasteiger partial charge < -0.3 is 25.3 Å². The summed E-state index contributed by atoms with van der Waals surface area (Å²) in [6.45, 7) is 13.3. The molecule has 0 radical (unpaired) electrons. The number of aromatic nitrogens is 2. The fraction of sp³-hybridized carbons (Fsp3) is 0.522. The lowest BCUT2D eigenvalue weighted by Crippen LogP contribution is -2.54. The minimum atomic E-state index is -0.531. The highest BCUT2D eigenvalue weighted by atomic mass is 16.6. The van der Waals surface area contributed by atoms with Crippen LogP contribution in [0.25, 0.3) is 0 Å². The number of imidazole rings is 1. The maximum absolute atomic E-state index is 12.1. The lowest BCUT2D eigenvalue weighted by Gasteiger charge is -2.29. The Morgan fingerprint density at radius 3 is 2.48 bits per heavy atom. The van der Waals surface area contributed by atoms with Crippen LogP contribution >= 0.6 is 0 Å². The number of alkyl carbamates (subject to hydrolysis) is 1. The molecule has 170 valence electrons. The third-order valence-electron chi connectivity index (χ3n) is 4.49. The Morgan fingerprint density at radius 1 is 1.16 bits per heavy atom. The summed E-state index contributed by atoms with van der Waals surface area (Å²) in [6, 6.07) is 8.43. The molecule has 2 aromatic rings. The summed E-state index contributed by atoms with van der Waals surface area (Å²) >= 11 is 0. The average molecular weight is 429 g/mol. The van der Waals surface area contributed by atoms with Crippen LogP contribution in [-0.2, 0) is 17.8 Å². The van der Waals surface area contributed by atoms with E-state index in [0.717, 1.165) is 17.9 Å². The Morgan fingerprint density at radius 2 is 1.87 bits per heavy atom. The van der Waals surface area contributed by atoms with Gasteiger partial charge >= 0.3 is 6.09 Å². The minimum Gasteiger partial charge on any atom is -0.444 e. The Labute approximate surface area is 185 Å². The van der Waals surface area contributed by atoms with Gasteiger partial charge in [0.2, 0.25) is 0 Å². The molecule has 0 saturated heterocycles. The van der Waals surface area contributed by atoms with E-state index < -0.39 is 17.2 Å². The molecular formula is C23H36N6O2. The SMILES string of the molecule is CN=C(NCc1cccc(Cn2ccnc2C)c1)NCC(C)(C)NC(=O)OC(C)(C)C. The predicted molar refractivity (Wildman–Crippen MR) is 124 cm³/mol. The average Bonchev–Trinajstić information content (AvgIpc) is 3.04. The molecule has 31 heavy (non-hydrogen) atoms. The first-order chi connectivity index (χ1) is 14.5. The van der Waals surface area contributed by atoms with Crippen molar-refractivity contribution in [1.29, 1.82) is 0 Å². The summed E-state index contributed by atoms with van der Waals surface area (Å²) < 4.78 is 7.46. The third kappa shape index (κ3) is 8.70. The molecule has 0 fully saturated rings. The molecule has 1 heterocycles. The van der Waals surface area contributed by atoms with Crippen LogP contribution in [0.2, 0.25) is 0 Å². The van der Waals surface area contributed by atoms with Gasteiger partial charge in [0.1, 0.15) is 11.4 Å². The summed E-state index contributed by atoms with van der Waals surface area (Å²) in [5.74, 6) is 1.66. The van der Waals surface area contributed by atoms with Crippen molar-refractivity contribution in [3.63, 3.8) is 0 Å². The van der Waals surface area contributed by atoms with E-state index in [1.54, 1.807) is 7.05 Å². The van der Waals surface area contributed by atoms with Crippen molar-refractivity contribution >= 4 is 12.1 Å². The fourth-order valence-corrected chi connectivity index (χ4v) is 2.94. The molecule has 0 aliphatic rings. The van der Waals surface area contributed by atoms with Gasteiger partial charge in [-0.3, -0.25) is 4.99 Å². The Balaban J connectivity index is 1.86. The summed E-state index contributed by atoms with van der Waals surface area (Å²) in [4.78, 5) is 20.6. The van der Waals surface area contributed by atoms with Crippen molar-refractivity contribution in [3.8, 4) is 0 Å². The van der Waals surface area contributed by atoms with E-state index in [1.165, 1.54) is 5.56 Å². The highest BCUT2D eigenvalue weighted by Gasteiger charge is 2.24. The fourth-order valence-electron chi connectivity index (χ4n) is 2.94. The molecule has 0 spiro atoms. The van der Waals surface area contributed by atoms with E-state index in [1.807, 2.05) is 53.9 Å². The van der Waals surface area contributed by atoms with Crippen molar-refractivity contribution in [3.05, 3.63) is 53.6 Å². The lowest BCUT2D eigenvalue weighted by molar-refractivity contribution is 0.0474. The second-order valence-corrected chi connectivity index (χ2v) is 9.21. The number of hydrogen-bond donors (Lipinski definition) is 3. The lowest BCUT2D eigenvalue weighted by atomic mass is 10.1. The van der Waals surface area contributed by atoms with Crippen LogP contribution in [0.4, 0.5) is 4.79 Å². The number of nitrogens with one attached hydrogen (secondary N) is 3. The summed E-state index contributed by atoms with van der Waals surface area (Å²) in [7, 11) is 1.72. The molecule has 0 saturated carbocycles. The van der Waals surface area contributed by atoms with E-state index in [9.17, 15) is 4.79 Å². The van der Waals surface area contributed by atoms with Gasteiger partial charge in [-0.15, -0.1) is 0 Å². The molecule has 8 nitrogen and oxygen atoms in total. The van der Waals surface area contributed by atoms with Crippen molar-refractivity contribution in [2.75, 3.05) is 13.6 Å². The normalized spacial score (nSPS) is 12.4. The predicted octanol–water partition coefficient (Wildman–Crippen LogP) is 3.21. The molecule has 1 amide bonds. The molecule has 0 aliphatic carbocycles. The molecule has 0 unspecified atom stereocenters. The molecule has 2 rings (SSSR count). The van der Waals surface area contributed by atoms with Crippen molar-refractivity contribution in [1.82, 2.24) is 25.5 Å². The van der Waals surface area contributed by atoms with Gasteiger partial charge in [0.05, 0.1) is 5.54 Å². The summed E-state index contributed by atoms with van der Waals surface area (Å²) in [6.07, 6.45) is 3.36. The largest absolute Gasteiger partial charge is 0.444 e. The van der Waals surface area contributed by atoms with Crippen molar-refractivity contribution in [2.24, 2.45) is 4.99 Å². The molecule has 8 heteroatoms. The van der Waals surface area contributed by atoms with Gasteiger partial charge in [-0.25, -0.2) is 9.78 Å². The second-order valence-electron chi connectivity index (χ2n) is 9.21. The molecule has 0 atom stereocenters. The number of benzene rings is 1. The number of ether oxygens (including phenoxy) is 1. The number of carbonyl (C=O) groups is 1. The van der Waals surface area contributed by atoms with Crippen LogP contribution in [0.3, 0.4) is 0 Å². The van der Waals surface area contributed by atoms with E-state index in [2.05, 4.69) is 54.8 Å². The Kier molecular flexibility index (Phi) is 8.08. The molecule has 0 bridgehead atoms. The molecule has 3 N–H and O–H groups in total. The number of guanidine groups is 1. The highest BCUT2D eigenvalue weighted by Crippen LogP contribution is 2.10. The Bertz CT molecular complexity index is 895. The minimum absolute atomic E-state index is 0.438. The summed E-state index contributed by atoms with van der Waals surface area (Å²) in [5, 5.41) is 9.47. The maximum atomic E-state index is 12.1. The van der Waals surface area contributed by atoms with Crippen LogP contribution in [0.15, 0.2) is 41.7 Å². The Hall–Kier alpha value is -3.03. The standard InChI is InChI=1S/C23H36N6O2/c1-17-25-11-12-29(17)15-19-10-8-9-18(13-19)14-26-20(24-7)27-16-23(5,6)28-21(30)31-22(2,3)4/h8-13H,14-16H2,1-7H3,(H,28,30)(H2,24,26,27). The molecule has 1 aromatic heterocycles. The number of hydrogen-bond acceptors (Lipinski definition) is 4. The van der Waals surface area contributed by atoms with E-state index in [-0.39, 0.29) is 0 Å². The van der Waals surface area contributed by atoms with E-state index in [0.29, 0.717) is 19.0 Å². The van der Waals surface area contributed by atoms with Gasteiger partial charge in [-0.1, -0.05) is 24.3 Å². The molecular weight excluding hydrogens is 392 g/mol. The van der Waals surface area contributed by atoms with Crippen LogP contribution in [0, 0.1) is 6.92 Å². The van der Waals surface area contributed by atoms with Crippen LogP contribution in [0.5, 0.6) is 0 Å². The van der Waals surface area contributed by atoms with Crippen LogP contribution in [-0.4, -0.2) is 46.3 Å². The first-order valence-electron chi connectivity index (χ1n) is 10.5. The topological polar surface area (TPSA) is 92.6 Å². The zero-order valence-electron chi connectivity index (χ0n) is 19.7. The molecule has 0 aliphatic heterocycles. The van der Waals surface area contributed by atoms with E-state index in [4.69, 9.17) is 4.74 Å². The quantitative estimate of drug-likeness (QED) is 0.465. The zero-order chi connectivity index (χ0) is 23.1. The van der Waals surface area contributed by atoms with Crippen molar-refractivity contribution in [2.45, 2.75) is 65.8 Å². The first kappa shape index (κ1) is 24.2. The van der Waals surface area contributed by atoms with Gasteiger partial charge in [-0.2, -0.15) is 0 Å². The van der Waals surface area contributed by atoms with Crippen molar-refractivity contribution < 1.29 is 9.53 Å². The number of carbonyl (C=O) groups excluding carboxylic acids is 1.